The Balaban J connectivity index is 1.49. The van der Waals surface area contributed by atoms with Crippen LogP contribution in [0.1, 0.15) is 27.4 Å². The van der Waals surface area contributed by atoms with Crippen LogP contribution in [0.3, 0.4) is 0 Å². The van der Waals surface area contributed by atoms with Crippen molar-refractivity contribution in [1.82, 2.24) is 9.88 Å². The molecular weight excluding hydrogens is 406 g/mol. The van der Waals surface area contributed by atoms with Gasteiger partial charge in [-0.25, -0.2) is 4.98 Å². The number of anilines is 1. The number of nitrogens with zero attached hydrogens (tertiary/aromatic N) is 2. The summed E-state index contributed by atoms with van der Waals surface area (Å²) in [5, 5.41) is 5.32. The van der Waals surface area contributed by atoms with Gasteiger partial charge < -0.3 is 14.6 Å². The van der Waals surface area contributed by atoms with E-state index in [1.165, 1.54) is 16.9 Å². The van der Waals surface area contributed by atoms with Crippen LogP contribution in [0.2, 0.25) is 0 Å². The fraction of sp³-hybridized carbons (Fsp3) is 0.286. The van der Waals surface area contributed by atoms with Crippen molar-refractivity contribution in [3.63, 3.8) is 0 Å². The van der Waals surface area contributed by atoms with Crippen LogP contribution >= 0.6 is 23.1 Å². The molecule has 1 unspecified atom stereocenters. The summed E-state index contributed by atoms with van der Waals surface area (Å²) in [6, 6.07) is 8.98. The van der Waals surface area contributed by atoms with Crippen LogP contribution < -0.4 is 5.32 Å². The van der Waals surface area contributed by atoms with Crippen molar-refractivity contribution in [3.05, 3.63) is 58.3 Å². The highest BCUT2D eigenvalue weighted by Gasteiger charge is 2.36. The Kier molecular flexibility index (Phi) is 5.47. The van der Waals surface area contributed by atoms with Gasteiger partial charge in [-0.1, -0.05) is 6.07 Å². The van der Waals surface area contributed by atoms with Gasteiger partial charge in [-0.05, 0) is 56.2 Å². The maximum absolute atomic E-state index is 13.0. The Morgan fingerprint density at radius 2 is 2.00 bits per heavy atom. The first-order valence-corrected chi connectivity index (χ1v) is 11.2. The molecule has 1 N–H and O–H groups in total. The molecule has 4 rings (SSSR count). The molecule has 1 aromatic carbocycles. The number of hydrogen-bond donors (Lipinski definition) is 1. The minimum atomic E-state index is -0.523. The molecule has 0 saturated carbocycles. The second-order valence-corrected chi connectivity index (χ2v) is 8.88. The number of furan rings is 1. The zero-order chi connectivity index (χ0) is 20.5. The van der Waals surface area contributed by atoms with Crippen molar-refractivity contribution in [2.45, 2.75) is 26.8 Å². The molecule has 0 spiro atoms. The Bertz CT molecular complexity index is 1070. The van der Waals surface area contributed by atoms with Crippen LogP contribution in [0.15, 0.2) is 40.1 Å². The lowest BCUT2D eigenvalue weighted by atomic mass is 10.1. The van der Waals surface area contributed by atoms with Gasteiger partial charge in [0.1, 0.15) is 17.5 Å². The number of thioether (sulfide) groups is 1. The first-order valence-electron chi connectivity index (χ1n) is 9.21. The molecule has 0 bridgehead atoms. The molecular formula is C21H21N3O3S2. The number of thiazole rings is 1. The molecule has 6 nitrogen and oxygen atoms in total. The van der Waals surface area contributed by atoms with Crippen LogP contribution in [0, 0.1) is 20.8 Å². The number of rotatable bonds is 4. The Morgan fingerprint density at radius 1 is 1.17 bits per heavy atom. The van der Waals surface area contributed by atoms with Crippen molar-refractivity contribution < 1.29 is 14.0 Å². The van der Waals surface area contributed by atoms with E-state index in [9.17, 15) is 9.59 Å². The lowest BCUT2D eigenvalue weighted by Crippen LogP contribution is -2.44. The average molecular weight is 428 g/mol. The monoisotopic (exact) mass is 427 g/mol. The maximum Gasteiger partial charge on any atom is 0.274 e. The molecule has 1 aliphatic heterocycles. The van der Waals surface area contributed by atoms with Gasteiger partial charge in [0, 0.05) is 16.8 Å². The van der Waals surface area contributed by atoms with Crippen molar-refractivity contribution in [2.75, 3.05) is 16.9 Å². The van der Waals surface area contributed by atoms with E-state index in [4.69, 9.17) is 4.42 Å². The maximum atomic E-state index is 13.0. The summed E-state index contributed by atoms with van der Waals surface area (Å²) in [7, 11) is 0. The molecule has 1 atom stereocenters. The van der Waals surface area contributed by atoms with Crippen molar-refractivity contribution >= 4 is 40.6 Å². The van der Waals surface area contributed by atoms with E-state index < -0.39 is 6.04 Å². The van der Waals surface area contributed by atoms with E-state index in [1.807, 2.05) is 51.1 Å². The van der Waals surface area contributed by atoms with Crippen LogP contribution in [-0.4, -0.2) is 39.4 Å². The van der Waals surface area contributed by atoms with Crippen LogP contribution in [0.5, 0.6) is 0 Å². The topological polar surface area (TPSA) is 75.4 Å². The zero-order valence-electron chi connectivity index (χ0n) is 16.4. The largest absolute Gasteiger partial charge is 0.459 e. The Morgan fingerprint density at radius 3 is 2.72 bits per heavy atom. The minimum Gasteiger partial charge on any atom is -0.459 e. The molecule has 1 saturated heterocycles. The molecule has 2 amide bonds. The summed E-state index contributed by atoms with van der Waals surface area (Å²) < 4.78 is 5.59. The molecule has 2 aromatic heterocycles. The van der Waals surface area contributed by atoms with Gasteiger partial charge in [0.2, 0.25) is 5.91 Å². The standard InChI is InChI=1S/C21H21N3O3S2/c1-12-4-6-15(8-13(12)2)22-19(25)17-10-28-11-24(17)21(26)16-9-29-20(23-16)18-7-5-14(3)27-18/h4-9,17H,10-11H2,1-3H3,(H,22,25). The molecule has 0 radical (unpaired) electrons. The lowest BCUT2D eigenvalue weighted by molar-refractivity contribution is -0.119. The summed E-state index contributed by atoms with van der Waals surface area (Å²) in [6.07, 6.45) is 0. The summed E-state index contributed by atoms with van der Waals surface area (Å²) in [4.78, 5) is 31.9. The van der Waals surface area contributed by atoms with Crippen molar-refractivity contribution in [3.8, 4) is 10.8 Å². The average Bonchev–Trinajstić information content (AvgIpc) is 3.43. The summed E-state index contributed by atoms with van der Waals surface area (Å²) in [5.74, 6) is 2.06. The molecule has 1 aliphatic rings. The van der Waals surface area contributed by atoms with Gasteiger partial charge in [-0.2, -0.15) is 0 Å². The van der Waals surface area contributed by atoms with Crippen molar-refractivity contribution in [1.29, 1.82) is 0 Å². The smallest absolute Gasteiger partial charge is 0.274 e. The third-order valence-corrected chi connectivity index (χ3v) is 6.76. The molecule has 1 fully saturated rings. The summed E-state index contributed by atoms with van der Waals surface area (Å²) in [5.41, 5.74) is 3.36. The van der Waals surface area contributed by atoms with Crippen LogP contribution in [0.4, 0.5) is 5.69 Å². The zero-order valence-corrected chi connectivity index (χ0v) is 18.0. The number of nitrogens with one attached hydrogen (secondary N) is 1. The number of carbonyl (C=O) groups is 2. The highest BCUT2D eigenvalue weighted by atomic mass is 32.2. The van der Waals surface area contributed by atoms with E-state index in [0.717, 1.165) is 17.0 Å². The highest BCUT2D eigenvalue weighted by Crippen LogP contribution is 2.29. The second kappa shape index (κ2) is 8.04. The first-order chi connectivity index (χ1) is 13.9. The predicted molar refractivity (Wildman–Crippen MR) is 116 cm³/mol. The third-order valence-electron chi connectivity index (χ3n) is 4.89. The molecule has 8 heteroatoms. The fourth-order valence-corrected chi connectivity index (χ4v) is 4.99. The van der Waals surface area contributed by atoms with Crippen molar-refractivity contribution in [2.24, 2.45) is 0 Å². The van der Waals surface area contributed by atoms with Gasteiger partial charge in [0.05, 0.1) is 5.88 Å². The number of benzene rings is 1. The summed E-state index contributed by atoms with van der Waals surface area (Å²) in [6.45, 7) is 5.90. The number of hydrogen-bond acceptors (Lipinski definition) is 6. The van der Waals surface area contributed by atoms with Gasteiger partial charge in [-0.3, -0.25) is 9.59 Å². The number of carbonyl (C=O) groups excluding carboxylic acids is 2. The van der Waals surface area contributed by atoms with E-state index in [1.54, 1.807) is 22.0 Å². The normalized spacial score (nSPS) is 16.2. The SMILES string of the molecule is Cc1ccc(-c2nc(C(=O)N3CSCC3C(=O)Nc3ccc(C)c(C)c3)cs2)o1. The number of aromatic nitrogens is 1. The Hall–Kier alpha value is -2.58. The highest BCUT2D eigenvalue weighted by molar-refractivity contribution is 7.99. The quantitative estimate of drug-likeness (QED) is 0.664. The first kappa shape index (κ1) is 19.7. The fourth-order valence-electron chi connectivity index (χ4n) is 3.09. The second-order valence-electron chi connectivity index (χ2n) is 7.03. The number of amides is 2. The predicted octanol–water partition coefficient (Wildman–Crippen LogP) is 4.48. The van der Waals surface area contributed by atoms with Crippen LogP contribution in [-0.2, 0) is 4.79 Å². The molecule has 3 aromatic rings. The lowest BCUT2D eigenvalue weighted by Gasteiger charge is -2.22. The van der Waals surface area contributed by atoms with Gasteiger partial charge in [0.15, 0.2) is 10.8 Å². The minimum absolute atomic E-state index is 0.177. The van der Waals surface area contributed by atoms with E-state index >= 15 is 0 Å². The van der Waals surface area contributed by atoms with Gasteiger partial charge in [0.25, 0.3) is 5.91 Å². The molecule has 0 aliphatic carbocycles. The van der Waals surface area contributed by atoms with E-state index in [-0.39, 0.29) is 11.8 Å². The van der Waals surface area contributed by atoms with Crippen LogP contribution in [0.25, 0.3) is 10.8 Å². The Labute approximate surface area is 177 Å². The summed E-state index contributed by atoms with van der Waals surface area (Å²) >= 11 is 2.92. The molecule has 150 valence electrons. The van der Waals surface area contributed by atoms with E-state index in [2.05, 4.69) is 10.3 Å². The van der Waals surface area contributed by atoms with E-state index in [0.29, 0.717) is 28.1 Å². The third kappa shape index (κ3) is 4.09. The molecule has 29 heavy (non-hydrogen) atoms. The van der Waals surface area contributed by atoms with Gasteiger partial charge in [-0.15, -0.1) is 23.1 Å². The number of aryl methyl sites for hydroxylation is 3. The molecule has 3 heterocycles. The van der Waals surface area contributed by atoms with Gasteiger partial charge >= 0.3 is 0 Å².